The molecule has 1 aromatic carbocycles. The molecule has 0 amide bonds. The molecule has 1 atom stereocenters. The minimum Gasteiger partial charge on any atom is -0.488 e. The summed E-state index contributed by atoms with van der Waals surface area (Å²) in [7, 11) is 0. The van der Waals surface area contributed by atoms with Crippen LogP contribution in [0.3, 0.4) is 0 Å². The van der Waals surface area contributed by atoms with E-state index in [9.17, 15) is 0 Å². The average molecular weight is 414 g/mol. The molecule has 5 heteroatoms. The van der Waals surface area contributed by atoms with E-state index >= 15 is 0 Å². The number of ether oxygens (including phenoxy) is 1. The molecule has 1 heterocycles. The first-order chi connectivity index (χ1) is 9.95. The molecule has 0 saturated carbocycles. The third-order valence-corrected chi connectivity index (χ3v) is 3.89. The van der Waals surface area contributed by atoms with E-state index in [0.717, 1.165) is 37.8 Å². The van der Waals surface area contributed by atoms with E-state index in [1.54, 1.807) is 6.20 Å². The molecule has 1 aromatic heterocycles. The van der Waals surface area contributed by atoms with Crippen LogP contribution in [0.5, 0.6) is 5.75 Å². The third-order valence-electron chi connectivity index (χ3n) is 3.00. The number of halogens is 2. The number of nitrogens with two attached hydrogens (primary N) is 1. The van der Waals surface area contributed by atoms with Crippen LogP contribution in [0.4, 0.5) is 0 Å². The quantitative estimate of drug-likeness (QED) is 0.790. The summed E-state index contributed by atoms with van der Waals surface area (Å²) in [4.78, 5) is 4.15. The van der Waals surface area contributed by atoms with Gasteiger partial charge in [-0.15, -0.1) is 0 Å². The highest BCUT2D eigenvalue weighted by Gasteiger charge is 2.11. The Morgan fingerprint density at radius 2 is 1.95 bits per heavy atom. The van der Waals surface area contributed by atoms with E-state index in [1.807, 2.05) is 26.1 Å². The van der Waals surface area contributed by atoms with Crippen molar-refractivity contribution >= 4 is 31.9 Å². The number of hydrogen-bond donors (Lipinski definition) is 1. The van der Waals surface area contributed by atoms with Crippen molar-refractivity contribution in [3.8, 4) is 5.75 Å². The first kappa shape index (κ1) is 16.5. The van der Waals surface area contributed by atoms with Crippen LogP contribution < -0.4 is 10.5 Å². The van der Waals surface area contributed by atoms with E-state index < -0.39 is 0 Å². The second-order valence-electron chi connectivity index (χ2n) is 5.19. The van der Waals surface area contributed by atoms with Gasteiger partial charge in [0.1, 0.15) is 12.4 Å². The van der Waals surface area contributed by atoms with Gasteiger partial charge < -0.3 is 10.5 Å². The third kappa shape index (κ3) is 4.80. The molecule has 112 valence electrons. The number of aromatic nitrogens is 1. The number of hydrogen-bond acceptors (Lipinski definition) is 3. The van der Waals surface area contributed by atoms with Crippen LogP contribution in [0, 0.1) is 6.92 Å². The number of nitrogens with zero attached hydrogens (tertiary/aromatic N) is 1. The highest BCUT2D eigenvalue weighted by atomic mass is 79.9. The van der Waals surface area contributed by atoms with Crippen molar-refractivity contribution in [2.24, 2.45) is 5.73 Å². The topological polar surface area (TPSA) is 48.1 Å². The van der Waals surface area contributed by atoms with Gasteiger partial charge in [0.05, 0.1) is 0 Å². The minimum atomic E-state index is 0.0913. The van der Waals surface area contributed by atoms with Gasteiger partial charge in [-0.05, 0) is 65.5 Å². The van der Waals surface area contributed by atoms with Crippen LogP contribution >= 0.6 is 31.9 Å². The molecule has 0 radical (unpaired) electrons. The summed E-state index contributed by atoms with van der Waals surface area (Å²) in [6.45, 7) is 4.53. The Morgan fingerprint density at radius 1 is 1.19 bits per heavy atom. The maximum absolute atomic E-state index is 6.03. The van der Waals surface area contributed by atoms with Crippen LogP contribution in [0.1, 0.15) is 23.6 Å². The average Bonchev–Trinajstić information content (AvgIpc) is 2.36. The van der Waals surface area contributed by atoms with Crippen molar-refractivity contribution < 1.29 is 4.74 Å². The molecule has 21 heavy (non-hydrogen) atoms. The van der Waals surface area contributed by atoms with Gasteiger partial charge in [0, 0.05) is 32.9 Å². The lowest BCUT2D eigenvalue weighted by Gasteiger charge is -2.16. The normalized spacial score (nSPS) is 12.2. The first-order valence-corrected chi connectivity index (χ1v) is 8.31. The summed E-state index contributed by atoms with van der Waals surface area (Å²) in [5, 5.41) is 0. The van der Waals surface area contributed by atoms with Gasteiger partial charge in [-0.1, -0.05) is 15.9 Å². The van der Waals surface area contributed by atoms with E-state index in [1.165, 1.54) is 0 Å². The van der Waals surface area contributed by atoms with Gasteiger partial charge in [-0.25, -0.2) is 0 Å². The smallest absolute Gasteiger partial charge is 0.126 e. The van der Waals surface area contributed by atoms with Crippen molar-refractivity contribution in [1.29, 1.82) is 0 Å². The lowest BCUT2D eigenvalue weighted by atomic mass is 10.0. The molecule has 0 spiro atoms. The number of aryl methyl sites for hydroxylation is 1. The Bertz CT molecular complexity index is 630. The van der Waals surface area contributed by atoms with Crippen LogP contribution in [-0.4, -0.2) is 11.0 Å². The molecule has 0 saturated heterocycles. The predicted octanol–water partition coefficient (Wildman–Crippen LogP) is 4.38. The number of benzene rings is 1. The molecule has 1 unspecified atom stereocenters. The Kier molecular flexibility index (Phi) is 5.79. The van der Waals surface area contributed by atoms with E-state index in [4.69, 9.17) is 10.5 Å². The number of rotatable bonds is 5. The number of pyridine rings is 1. The maximum atomic E-state index is 6.03. The molecular weight excluding hydrogens is 396 g/mol. The van der Waals surface area contributed by atoms with Crippen molar-refractivity contribution in [3.05, 3.63) is 56.2 Å². The minimum absolute atomic E-state index is 0.0913. The highest BCUT2D eigenvalue weighted by molar-refractivity contribution is 9.10. The van der Waals surface area contributed by atoms with Crippen LogP contribution in [0.25, 0.3) is 0 Å². The Morgan fingerprint density at radius 3 is 2.62 bits per heavy atom. The second kappa shape index (κ2) is 7.38. The molecule has 3 nitrogen and oxygen atoms in total. The van der Waals surface area contributed by atoms with Gasteiger partial charge >= 0.3 is 0 Å². The zero-order valence-electron chi connectivity index (χ0n) is 12.1. The van der Waals surface area contributed by atoms with Crippen molar-refractivity contribution in [2.75, 3.05) is 0 Å². The van der Waals surface area contributed by atoms with E-state index in [0.29, 0.717) is 6.61 Å². The van der Waals surface area contributed by atoms with Crippen LogP contribution in [0.2, 0.25) is 0 Å². The largest absolute Gasteiger partial charge is 0.488 e. The monoisotopic (exact) mass is 412 g/mol. The second-order valence-corrected chi connectivity index (χ2v) is 7.02. The molecule has 0 aliphatic rings. The molecule has 0 aliphatic heterocycles. The van der Waals surface area contributed by atoms with Crippen LogP contribution in [0.15, 0.2) is 39.5 Å². The van der Waals surface area contributed by atoms with E-state index in [-0.39, 0.29) is 6.04 Å². The molecule has 2 rings (SSSR count). The molecular formula is C16H18Br2N2O. The highest BCUT2D eigenvalue weighted by Crippen LogP contribution is 2.29. The SMILES string of the molecule is Cc1cc(Br)cc(CC(C)N)c1OCc1cncc(Br)c1. The Labute approximate surface area is 142 Å². The lowest BCUT2D eigenvalue weighted by Crippen LogP contribution is -2.18. The molecule has 2 aromatic rings. The fourth-order valence-corrected chi connectivity index (χ4v) is 3.23. The summed E-state index contributed by atoms with van der Waals surface area (Å²) >= 11 is 6.95. The summed E-state index contributed by atoms with van der Waals surface area (Å²) in [5.41, 5.74) is 9.18. The lowest BCUT2D eigenvalue weighted by molar-refractivity contribution is 0.299. The zero-order chi connectivity index (χ0) is 15.4. The summed E-state index contributed by atoms with van der Waals surface area (Å²) in [6, 6.07) is 6.23. The first-order valence-electron chi connectivity index (χ1n) is 6.72. The van der Waals surface area contributed by atoms with Gasteiger partial charge in [-0.3, -0.25) is 4.98 Å². The summed E-state index contributed by atoms with van der Waals surface area (Å²) < 4.78 is 8.03. The van der Waals surface area contributed by atoms with Crippen molar-refractivity contribution in [3.63, 3.8) is 0 Å². The van der Waals surface area contributed by atoms with Crippen LogP contribution in [-0.2, 0) is 13.0 Å². The van der Waals surface area contributed by atoms with Gasteiger partial charge in [0.25, 0.3) is 0 Å². The van der Waals surface area contributed by atoms with Gasteiger partial charge in [0.15, 0.2) is 0 Å². The fourth-order valence-electron chi connectivity index (χ4n) is 2.19. The maximum Gasteiger partial charge on any atom is 0.126 e. The molecule has 0 bridgehead atoms. The Hall–Kier alpha value is -0.910. The fraction of sp³-hybridized carbons (Fsp3) is 0.312. The zero-order valence-corrected chi connectivity index (χ0v) is 15.2. The summed E-state index contributed by atoms with van der Waals surface area (Å²) in [6.07, 6.45) is 4.35. The van der Waals surface area contributed by atoms with Crippen molar-refractivity contribution in [2.45, 2.75) is 32.9 Å². The molecule has 0 fully saturated rings. The predicted molar refractivity (Wildman–Crippen MR) is 92.5 cm³/mol. The molecule has 2 N–H and O–H groups in total. The van der Waals surface area contributed by atoms with Gasteiger partial charge in [0.2, 0.25) is 0 Å². The van der Waals surface area contributed by atoms with E-state index in [2.05, 4.69) is 49.0 Å². The van der Waals surface area contributed by atoms with Crippen molar-refractivity contribution in [1.82, 2.24) is 4.98 Å². The molecule has 0 aliphatic carbocycles. The Balaban J connectivity index is 2.22. The van der Waals surface area contributed by atoms with Gasteiger partial charge in [-0.2, -0.15) is 0 Å². The summed E-state index contributed by atoms with van der Waals surface area (Å²) in [5.74, 6) is 0.912. The standard InChI is InChI=1S/C16H18Br2N2O/c1-10-3-14(17)6-13(4-11(2)19)16(10)21-9-12-5-15(18)8-20-7-12/h3,5-8,11H,4,9,19H2,1-2H3.